The molecule has 0 bridgehead atoms. The van der Waals surface area contributed by atoms with Gasteiger partial charge in [0.2, 0.25) is 10.0 Å². The summed E-state index contributed by atoms with van der Waals surface area (Å²) in [5.74, 6) is -0.522. The number of alkyl halides is 3. The molecule has 0 radical (unpaired) electrons. The Balaban J connectivity index is 2.02. The highest BCUT2D eigenvalue weighted by atomic mass is 32.2. The Labute approximate surface area is 136 Å². The number of hydrogen-bond donors (Lipinski definition) is 2. The number of rotatable bonds is 6. The van der Waals surface area contributed by atoms with Crippen molar-refractivity contribution >= 4 is 10.0 Å². The van der Waals surface area contributed by atoms with Crippen LogP contribution in [-0.4, -0.2) is 26.4 Å². The molecule has 1 atom stereocenters. The second-order valence-electron chi connectivity index (χ2n) is 4.80. The first-order valence-corrected chi connectivity index (χ1v) is 8.24. The summed E-state index contributed by atoms with van der Waals surface area (Å²) in [6.45, 7) is -0.271. The summed E-state index contributed by atoms with van der Waals surface area (Å²) in [7, 11) is -3.97. The van der Waals surface area contributed by atoms with E-state index in [0.29, 0.717) is 5.56 Å². The summed E-state index contributed by atoms with van der Waals surface area (Å²) >= 11 is 0. The maximum Gasteiger partial charge on any atom is 0.573 e. The van der Waals surface area contributed by atoms with Gasteiger partial charge in [0.25, 0.3) is 0 Å². The summed E-state index contributed by atoms with van der Waals surface area (Å²) < 4.78 is 66.2. The molecule has 0 aliphatic rings. The van der Waals surface area contributed by atoms with Crippen LogP contribution in [0.25, 0.3) is 0 Å². The van der Waals surface area contributed by atoms with Crippen LogP contribution in [0.4, 0.5) is 13.2 Å². The van der Waals surface area contributed by atoms with Crippen LogP contribution in [-0.2, 0) is 10.0 Å². The van der Waals surface area contributed by atoms with E-state index >= 15 is 0 Å². The monoisotopic (exact) mass is 361 g/mol. The van der Waals surface area contributed by atoms with E-state index in [-0.39, 0.29) is 11.4 Å². The third-order valence-electron chi connectivity index (χ3n) is 3.02. The molecular weight excluding hydrogens is 347 g/mol. The number of ether oxygens (including phenoxy) is 1. The van der Waals surface area contributed by atoms with Crippen LogP contribution in [0.1, 0.15) is 11.7 Å². The molecule has 0 amide bonds. The molecule has 2 aromatic carbocycles. The molecule has 0 fully saturated rings. The molecule has 2 rings (SSSR count). The van der Waals surface area contributed by atoms with Gasteiger partial charge in [0.15, 0.2) is 0 Å². The van der Waals surface area contributed by atoms with Crippen LogP contribution >= 0.6 is 0 Å². The number of benzene rings is 2. The lowest BCUT2D eigenvalue weighted by Crippen LogP contribution is -2.28. The smallest absolute Gasteiger partial charge is 0.406 e. The van der Waals surface area contributed by atoms with E-state index in [4.69, 9.17) is 0 Å². The third kappa shape index (κ3) is 5.22. The van der Waals surface area contributed by atoms with Crippen molar-refractivity contribution in [3.05, 3.63) is 60.2 Å². The van der Waals surface area contributed by atoms with Crippen molar-refractivity contribution in [3.8, 4) is 5.75 Å². The van der Waals surface area contributed by atoms with Crippen molar-refractivity contribution in [3.63, 3.8) is 0 Å². The number of aliphatic hydroxyl groups excluding tert-OH is 1. The van der Waals surface area contributed by atoms with Crippen LogP contribution < -0.4 is 9.46 Å². The molecule has 1 unspecified atom stereocenters. The van der Waals surface area contributed by atoms with Crippen LogP contribution in [0.15, 0.2) is 59.5 Å². The quantitative estimate of drug-likeness (QED) is 0.829. The van der Waals surface area contributed by atoms with Gasteiger partial charge < -0.3 is 9.84 Å². The molecule has 0 aliphatic heterocycles. The summed E-state index contributed by atoms with van der Waals surface area (Å²) in [5, 5.41) is 9.93. The maximum atomic E-state index is 12.1. The molecule has 2 aromatic rings. The fourth-order valence-corrected chi connectivity index (χ4v) is 2.92. The van der Waals surface area contributed by atoms with Gasteiger partial charge >= 0.3 is 6.36 Å². The van der Waals surface area contributed by atoms with Gasteiger partial charge in [-0.25, -0.2) is 13.1 Å². The van der Waals surface area contributed by atoms with Gasteiger partial charge in [0.05, 0.1) is 11.0 Å². The second-order valence-corrected chi connectivity index (χ2v) is 6.56. The number of halogens is 3. The fraction of sp³-hybridized carbons (Fsp3) is 0.200. The van der Waals surface area contributed by atoms with Crippen molar-refractivity contribution in [2.24, 2.45) is 0 Å². The lowest BCUT2D eigenvalue weighted by molar-refractivity contribution is -0.274. The van der Waals surface area contributed by atoms with Gasteiger partial charge in [-0.3, -0.25) is 0 Å². The molecule has 0 aliphatic carbocycles. The first-order chi connectivity index (χ1) is 11.2. The summed E-state index contributed by atoms with van der Waals surface area (Å²) in [4.78, 5) is -0.239. The first kappa shape index (κ1) is 18.2. The van der Waals surface area contributed by atoms with Crippen molar-refractivity contribution in [1.82, 2.24) is 4.72 Å². The second kappa shape index (κ2) is 7.20. The van der Waals surface area contributed by atoms with Crippen LogP contribution in [0.5, 0.6) is 5.75 Å². The average Bonchev–Trinajstić information content (AvgIpc) is 2.52. The van der Waals surface area contributed by atoms with Crippen molar-refractivity contribution in [1.29, 1.82) is 0 Å². The summed E-state index contributed by atoms with van der Waals surface area (Å²) in [6, 6.07) is 12.2. The van der Waals surface area contributed by atoms with Gasteiger partial charge in [0, 0.05) is 6.54 Å². The predicted octanol–water partition coefficient (Wildman–Crippen LogP) is 2.60. The molecule has 2 N–H and O–H groups in total. The average molecular weight is 361 g/mol. The van der Waals surface area contributed by atoms with E-state index < -0.39 is 28.2 Å². The topological polar surface area (TPSA) is 75.6 Å². The van der Waals surface area contributed by atoms with E-state index in [1.165, 1.54) is 0 Å². The van der Waals surface area contributed by atoms with Gasteiger partial charge in [-0.05, 0) is 29.8 Å². The largest absolute Gasteiger partial charge is 0.573 e. The zero-order valence-corrected chi connectivity index (χ0v) is 13.0. The maximum absolute atomic E-state index is 12.1. The van der Waals surface area contributed by atoms with E-state index in [9.17, 15) is 26.7 Å². The molecule has 0 saturated heterocycles. The van der Waals surface area contributed by atoms with Crippen molar-refractivity contribution in [2.75, 3.05) is 6.54 Å². The highest BCUT2D eigenvalue weighted by molar-refractivity contribution is 7.89. The summed E-state index contributed by atoms with van der Waals surface area (Å²) in [6.07, 6.45) is -5.90. The van der Waals surface area contributed by atoms with E-state index in [0.717, 1.165) is 24.3 Å². The minimum atomic E-state index is -4.85. The Kier molecular flexibility index (Phi) is 5.47. The molecule has 130 valence electrons. The van der Waals surface area contributed by atoms with Gasteiger partial charge in [-0.15, -0.1) is 13.2 Å². The van der Waals surface area contributed by atoms with Crippen molar-refractivity contribution in [2.45, 2.75) is 17.4 Å². The third-order valence-corrected chi connectivity index (χ3v) is 4.46. The van der Waals surface area contributed by atoms with E-state index in [1.54, 1.807) is 30.3 Å². The highest BCUT2D eigenvalue weighted by Gasteiger charge is 2.31. The number of nitrogens with one attached hydrogen (secondary N) is 1. The van der Waals surface area contributed by atoms with Crippen LogP contribution in [0.2, 0.25) is 0 Å². The lowest BCUT2D eigenvalue weighted by Gasteiger charge is -2.13. The predicted molar refractivity (Wildman–Crippen MR) is 79.7 cm³/mol. The Hall–Kier alpha value is -2.10. The van der Waals surface area contributed by atoms with Gasteiger partial charge in [-0.2, -0.15) is 0 Å². The molecule has 9 heteroatoms. The number of sulfonamides is 1. The molecule has 0 aromatic heterocycles. The minimum absolute atomic E-state index is 0.239. The fourth-order valence-electron chi connectivity index (χ4n) is 1.89. The molecule has 0 heterocycles. The number of hydrogen-bond acceptors (Lipinski definition) is 4. The molecule has 24 heavy (non-hydrogen) atoms. The Morgan fingerprint density at radius 2 is 1.62 bits per heavy atom. The minimum Gasteiger partial charge on any atom is -0.406 e. The normalized spacial score (nSPS) is 13.5. The first-order valence-electron chi connectivity index (χ1n) is 6.76. The Morgan fingerprint density at radius 1 is 1.04 bits per heavy atom. The van der Waals surface area contributed by atoms with Crippen LogP contribution in [0.3, 0.4) is 0 Å². The van der Waals surface area contributed by atoms with Crippen molar-refractivity contribution < 1.29 is 31.4 Å². The SMILES string of the molecule is O=S(=O)(NCC(O)c1ccccc1)c1ccc(OC(F)(F)F)cc1. The molecule has 0 spiro atoms. The Morgan fingerprint density at radius 3 is 2.17 bits per heavy atom. The molecule has 5 nitrogen and oxygen atoms in total. The molecular formula is C15H14F3NO4S. The highest BCUT2D eigenvalue weighted by Crippen LogP contribution is 2.24. The molecule has 0 saturated carbocycles. The summed E-state index contributed by atoms with van der Waals surface area (Å²) in [5.41, 5.74) is 0.536. The zero-order valence-electron chi connectivity index (χ0n) is 12.2. The lowest BCUT2D eigenvalue weighted by atomic mass is 10.1. The standard InChI is InChI=1S/C15H14F3NO4S/c16-15(17,18)23-12-6-8-13(9-7-12)24(21,22)19-10-14(20)11-4-2-1-3-5-11/h1-9,14,19-20H,10H2. The van der Waals surface area contributed by atoms with Gasteiger partial charge in [-0.1, -0.05) is 30.3 Å². The zero-order chi connectivity index (χ0) is 17.8. The van der Waals surface area contributed by atoms with E-state index in [1.807, 2.05) is 0 Å². The Bertz CT molecular complexity index is 762. The van der Waals surface area contributed by atoms with E-state index in [2.05, 4.69) is 9.46 Å². The van der Waals surface area contributed by atoms with Gasteiger partial charge in [0.1, 0.15) is 5.75 Å². The number of aliphatic hydroxyl groups is 1. The van der Waals surface area contributed by atoms with Crippen LogP contribution in [0, 0.1) is 0 Å².